The Hall–Kier alpha value is -2.11. The highest BCUT2D eigenvalue weighted by Gasteiger charge is 2.02. The van der Waals surface area contributed by atoms with Gasteiger partial charge in [0.15, 0.2) is 5.82 Å². The third-order valence-corrected chi connectivity index (χ3v) is 2.24. The van der Waals surface area contributed by atoms with E-state index in [1.54, 1.807) is 6.92 Å². The molecule has 0 fully saturated rings. The van der Waals surface area contributed by atoms with Crippen LogP contribution in [0.4, 0.5) is 5.82 Å². The van der Waals surface area contributed by atoms with E-state index in [1.807, 2.05) is 25.1 Å². The number of pyridine rings is 1. The molecule has 96 valence electrons. The van der Waals surface area contributed by atoms with Crippen LogP contribution in [0, 0.1) is 6.92 Å². The summed E-state index contributed by atoms with van der Waals surface area (Å²) in [7, 11) is 0. The zero-order chi connectivity index (χ0) is 12.8. The summed E-state index contributed by atoms with van der Waals surface area (Å²) in [6, 6.07) is 5.63. The summed E-state index contributed by atoms with van der Waals surface area (Å²) in [4.78, 5) is 8.43. The van der Waals surface area contributed by atoms with E-state index in [9.17, 15) is 0 Å². The Labute approximate surface area is 105 Å². The van der Waals surface area contributed by atoms with Gasteiger partial charge in [0.1, 0.15) is 5.82 Å². The number of nitrogens with zero attached hydrogens (tertiary/aromatic N) is 3. The van der Waals surface area contributed by atoms with E-state index in [1.165, 1.54) is 0 Å². The lowest BCUT2D eigenvalue weighted by Gasteiger charge is -2.06. The molecule has 0 radical (unpaired) electrons. The fourth-order valence-corrected chi connectivity index (χ4v) is 1.49. The van der Waals surface area contributed by atoms with Crippen LogP contribution in [0.3, 0.4) is 0 Å². The van der Waals surface area contributed by atoms with Gasteiger partial charge in [-0.2, -0.15) is 9.97 Å². The number of hydrogen-bond donors (Lipinski definition) is 1. The summed E-state index contributed by atoms with van der Waals surface area (Å²) < 4.78 is 10.2. The van der Waals surface area contributed by atoms with Crippen LogP contribution in [0.2, 0.25) is 0 Å². The lowest BCUT2D eigenvalue weighted by Crippen LogP contribution is -2.07. The number of anilines is 1. The monoisotopic (exact) mass is 248 g/mol. The van der Waals surface area contributed by atoms with Crippen LogP contribution in [0.1, 0.15) is 18.6 Å². The van der Waals surface area contributed by atoms with Gasteiger partial charge in [0.05, 0.1) is 6.61 Å². The van der Waals surface area contributed by atoms with E-state index in [0.717, 1.165) is 5.82 Å². The third kappa shape index (κ3) is 3.44. The summed E-state index contributed by atoms with van der Waals surface area (Å²) >= 11 is 0. The highest BCUT2D eigenvalue weighted by molar-refractivity contribution is 5.37. The van der Waals surface area contributed by atoms with Crippen molar-refractivity contribution in [3.05, 3.63) is 29.9 Å². The molecule has 1 N–H and O–H groups in total. The zero-order valence-electron chi connectivity index (χ0n) is 10.5. The number of nitrogens with one attached hydrogen (secondary N) is 1. The molecule has 0 aliphatic carbocycles. The molecule has 2 heterocycles. The molecular weight excluding hydrogens is 232 g/mol. The molecule has 0 unspecified atom stereocenters. The number of ether oxygens (including phenoxy) is 1. The molecule has 0 spiro atoms. The molecule has 0 bridgehead atoms. The molecule has 0 saturated carbocycles. The van der Waals surface area contributed by atoms with Gasteiger partial charge in [-0.05, 0) is 13.0 Å². The van der Waals surface area contributed by atoms with E-state index in [2.05, 4.69) is 20.4 Å². The molecule has 2 rings (SSSR count). The predicted octanol–water partition coefficient (Wildman–Crippen LogP) is 1.83. The van der Waals surface area contributed by atoms with E-state index in [0.29, 0.717) is 37.2 Å². The molecule has 2 aromatic rings. The number of hydrogen-bond acceptors (Lipinski definition) is 6. The van der Waals surface area contributed by atoms with Crippen molar-refractivity contribution >= 4 is 5.82 Å². The molecule has 0 aliphatic heterocycles. The van der Waals surface area contributed by atoms with E-state index < -0.39 is 0 Å². The molecule has 2 aromatic heterocycles. The van der Waals surface area contributed by atoms with Crippen molar-refractivity contribution in [1.82, 2.24) is 15.1 Å². The van der Waals surface area contributed by atoms with E-state index >= 15 is 0 Å². The Morgan fingerprint density at radius 1 is 1.33 bits per heavy atom. The maximum Gasteiger partial charge on any atom is 0.223 e. The zero-order valence-corrected chi connectivity index (χ0v) is 10.5. The van der Waals surface area contributed by atoms with Crippen LogP contribution in [0.5, 0.6) is 5.88 Å². The second-order valence-electron chi connectivity index (χ2n) is 3.70. The van der Waals surface area contributed by atoms with Crippen molar-refractivity contribution in [1.29, 1.82) is 0 Å². The third-order valence-electron chi connectivity index (χ3n) is 2.24. The van der Waals surface area contributed by atoms with E-state index in [-0.39, 0.29) is 0 Å². The van der Waals surface area contributed by atoms with Gasteiger partial charge in [0, 0.05) is 26.0 Å². The van der Waals surface area contributed by atoms with Crippen LogP contribution < -0.4 is 10.1 Å². The van der Waals surface area contributed by atoms with Gasteiger partial charge >= 0.3 is 0 Å². The van der Waals surface area contributed by atoms with Crippen LogP contribution in [0.15, 0.2) is 22.7 Å². The first-order chi connectivity index (χ1) is 8.78. The maximum atomic E-state index is 5.32. The lowest BCUT2D eigenvalue weighted by molar-refractivity contribution is 0.327. The Balaban J connectivity index is 1.84. The highest BCUT2D eigenvalue weighted by atomic mass is 16.5. The highest BCUT2D eigenvalue weighted by Crippen LogP contribution is 2.11. The Morgan fingerprint density at radius 2 is 2.22 bits per heavy atom. The molecule has 6 heteroatoms. The van der Waals surface area contributed by atoms with Gasteiger partial charge in [0.2, 0.25) is 11.8 Å². The molecule has 0 aromatic carbocycles. The van der Waals surface area contributed by atoms with Gasteiger partial charge in [0.25, 0.3) is 0 Å². The van der Waals surface area contributed by atoms with Gasteiger partial charge in [-0.3, -0.25) is 0 Å². The van der Waals surface area contributed by atoms with Crippen LogP contribution in [-0.2, 0) is 6.42 Å². The largest absolute Gasteiger partial charge is 0.478 e. The Kier molecular flexibility index (Phi) is 4.11. The van der Waals surface area contributed by atoms with Crippen LogP contribution in [0.25, 0.3) is 0 Å². The SMILES string of the molecule is CCOc1cccc(NCCc2noc(C)n2)n1. The van der Waals surface area contributed by atoms with E-state index in [4.69, 9.17) is 9.26 Å². The van der Waals surface area contributed by atoms with Gasteiger partial charge in [-0.15, -0.1) is 0 Å². The van der Waals surface area contributed by atoms with Crippen LogP contribution >= 0.6 is 0 Å². The molecule has 0 aliphatic rings. The topological polar surface area (TPSA) is 73.1 Å². The Bertz CT molecular complexity index is 498. The fraction of sp³-hybridized carbons (Fsp3) is 0.417. The average Bonchev–Trinajstić information content (AvgIpc) is 2.76. The summed E-state index contributed by atoms with van der Waals surface area (Å²) in [6.45, 7) is 5.01. The summed E-state index contributed by atoms with van der Waals surface area (Å²) in [5, 5.41) is 7.01. The molecule has 6 nitrogen and oxygen atoms in total. The standard InChI is InChI=1S/C12H16N4O2/c1-3-17-12-6-4-5-10(15-12)13-8-7-11-14-9(2)18-16-11/h4-6H,3,7-8H2,1-2H3,(H,13,15). The number of rotatable bonds is 6. The first kappa shape index (κ1) is 12.3. The normalized spacial score (nSPS) is 10.3. The minimum Gasteiger partial charge on any atom is -0.478 e. The minimum atomic E-state index is 0.585. The second-order valence-corrected chi connectivity index (χ2v) is 3.70. The Morgan fingerprint density at radius 3 is 2.94 bits per heavy atom. The summed E-state index contributed by atoms with van der Waals surface area (Å²) in [5.41, 5.74) is 0. The average molecular weight is 248 g/mol. The first-order valence-corrected chi connectivity index (χ1v) is 5.91. The van der Waals surface area contributed by atoms with Crippen molar-refractivity contribution in [3.8, 4) is 5.88 Å². The molecule has 0 atom stereocenters. The van der Waals surface area contributed by atoms with Crippen molar-refractivity contribution < 1.29 is 9.26 Å². The van der Waals surface area contributed by atoms with Crippen molar-refractivity contribution in [2.75, 3.05) is 18.5 Å². The van der Waals surface area contributed by atoms with Gasteiger partial charge < -0.3 is 14.6 Å². The van der Waals surface area contributed by atoms with Crippen LogP contribution in [-0.4, -0.2) is 28.3 Å². The molecule has 0 amide bonds. The first-order valence-electron chi connectivity index (χ1n) is 5.91. The summed E-state index contributed by atoms with van der Waals surface area (Å²) in [5.74, 6) is 2.68. The smallest absolute Gasteiger partial charge is 0.223 e. The van der Waals surface area contributed by atoms with Gasteiger partial charge in [-0.1, -0.05) is 11.2 Å². The number of aromatic nitrogens is 3. The number of aryl methyl sites for hydroxylation is 1. The van der Waals surface area contributed by atoms with Gasteiger partial charge in [-0.25, -0.2) is 0 Å². The lowest BCUT2D eigenvalue weighted by atomic mass is 10.4. The van der Waals surface area contributed by atoms with Crippen molar-refractivity contribution in [2.45, 2.75) is 20.3 Å². The quantitative estimate of drug-likeness (QED) is 0.840. The minimum absolute atomic E-state index is 0.585. The maximum absolute atomic E-state index is 5.32. The summed E-state index contributed by atoms with van der Waals surface area (Å²) in [6.07, 6.45) is 0.692. The molecule has 0 saturated heterocycles. The predicted molar refractivity (Wildman–Crippen MR) is 66.6 cm³/mol. The molecular formula is C12H16N4O2. The van der Waals surface area contributed by atoms with Crippen molar-refractivity contribution in [3.63, 3.8) is 0 Å². The second kappa shape index (κ2) is 6.00. The fourth-order valence-electron chi connectivity index (χ4n) is 1.49. The molecule has 18 heavy (non-hydrogen) atoms. The van der Waals surface area contributed by atoms with Crippen molar-refractivity contribution in [2.24, 2.45) is 0 Å².